The highest BCUT2D eigenvalue weighted by Crippen LogP contribution is 2.34. The first-order chi connectivity index (χ1) is 20.9. The summed E-state index contributed by atoms with van der Waals surface area (Å²) in [7, 11) is 0. The zero-order chi connectivity index (χ0) is 31.5. The van der Waals surface area contributed by atoms with Crippen molar-refractivity contribution in [1.82, 2.24) is 19.7 Å². The van der Waals surface area contributed by atoms with Crippen LogP contribution in [0.5, 0.6) is 5.75 Å². The summed E-state index contributed by atoms with van der Waals surface area (Å²) in [6.45, 7) is 3.01. The lowest BCUT2D eigenvalue weighted by Gasteiger charge is -2.36. The Bertz CT molecular complexity index is 1580. The topological polar surface area (TPSA) is 95.8 Å². The zero-order valence-electron chi connectivity index (χ0n) is 23.5. The maximum Gasteiger partial charge on any atom is 0.416 e. The first-order valence-corrected chi connectivity index (χ1v) is 13.7. The Balaban J connectivity index is 1.20. The van der Waals surface area contributed by atoms with Crippen molar-refractivity contribution in [2.75, 3.05) is 36.4 Å². The van der Waals surface area contributed by atoms with Gasteiger partial charge in [-0.2, -0.15) is 18.3 Å². The van der Waals surface area contributed by atoms with E-state index in [1.807, 2.05) is 4.90 Å². The van der Waals surface area contributed by atoms with Crippen molar-refractivity contribution >= 4 is 17.4 Å². The molecule has 44 heavy (non-hydrogen) atoms. The number of carbonyl (C=O) groups excluding carboxylic acids is 1. The van der Waals surface area contributed by atoms with Crippen LogP contribution in [0.15, 0.2) is 79.4 Å². The van der Waals surface area contributed by atoms with Crippen molar-refractivity contribution in [3.63, 3.8) is 0 Å². The van der Waals surface area contributed by atoms with Crippen LogP contribution < -0.4 is 15.0 Å². The van der Waals surface area contributed by atoms with Crippen LogP contribution in [0.3, 0.4) is 0 Å². The third kappa shape index (κ3) is 6.91. The van der Waals surface area contributed by atoms with Crippen molar-refractivity contribution in [2.24, 2.45) is 0 Å². The molecule has 1 aliphatic rings. The number of hydrogen-bond donors (Lipinski definition) is 2. The number of benzene rings is 3. The second kappa shape index (κ2) is 12.5. The van der Waals surface area contributed by atoms with Crippen LogP contribution in [0.25, 0.3) is 0 Å². The Morgan fingerprint density at radius 3 is 2.39 bits per heavy atom. The Morgan fingerprint density at radius 2 is 1.75 bits per heavy atom. The molecule has 232 valence electrons. The quantitative estimate of drug-likeness (QED) is 0.262. The summed E-state index contributed by atoms with van der Waals surface area (Å²) in [5.74, 6) is -1.32. The van der Waals surface area contributed by atoms with Gasteiger partial charge in [-0.15, -0.1) is 0 Å². The lowest BCUT2D eigenvalue weighted by atomic mass is 9.88. The van der Waals surface area contributed by atoms with E-state index in [4.69, 9.17) is 4.74 Å². The van der Waals surface area contributed by atoms with Crippen molar-refractivity contribution in [2.45, 2.75) is 31.3 Å². The third-order valence-corrected chi connectivity index (χ3v) is 7.46. The molecule has 5 rings (SSSR count). The lowest BCUT2D eigenvalue weighted by Crippen LogP contribution is -2.50. The number of carbonyl (C=O) groups is 1. The average Bonchev–Trinajstić information content (AvgIpc) is 3.50. The number of anilines is 2. The van der Waals surface area contributed by atoms with Gasteiger partial charge in [-0.05, 0) is 55.5 Å². The summed E-state index contributed by atoms with van der Waals surface area (Å²) in [4.78, 5) is 20.1. The number of piperazine rings is 1. The number of rotatable bonds is 8. The normalized spacial score (nSPS) is 15.9. The van der Waals surface area contributed by atoms with Crippen LogP contribution in [0.2, 0.25) is 0 Å². The molecular formula is C30H29F5N6O3. The number of aromatic nitrogens is 3. The maximum absolute atomic E-state index is 14.8. The van der Waals surface area contributed by atoms with E-state index >= 15 is 0 Å². The molecule has 0 aliphatic carbocycles. The third-order valence-electron chi connectivity index (χ3n) is 7.46. The van der Waals surface area contributed by atoms with Gasteiger partial charge in [0.15, 0.2) is 0 Å². The number of halogens is 5. The van der Waals surface area contributed by atoms with Gasteiger partial charge in [-0.25, -0.2) is 23.2 Å². The summed E-state index contributed by atoms with van der Waals surface area (Å²) in [5, 5.41) is 18.2. The first kappa shape index (κ1) is 30.7. The van der Waals surface area contributed by atoms with Gasteiger partial charge in [0.1, 0.15) is 41.7 Å². The van der Waals surface area contributed by atoms with Crippen molar-refractivity contribution in [3.05, 3.63) is 102 Å². The molecule has 1 saturated heterocycles. The second-order valence-corrected chi connectivity index (χ2v) is 10.4. The minimum absolute atomic E-state index is 0.0624. The van der Waals surface area contributed by atoms with Crippen molar-refractivity contribution < 1.29 is 36.6 Å². The predicted molar refractivity (Wildman–Crippen MR) is 151 cm³/mol. The molecule has 2 N–H and O–H groups in total. The minimum Gasteiger partial charge on any atom is -0.487 e. The molecule has 1 aromatic heterocycles. The van der Waals surface area contributed by atoms with Crippen LogP contribution in [0.1, 0.15) is 18.1 Å². The van der Waals surface area contributed by atoms with E-state index in [9.17, 15) is 31.9 Å². The summed E-state index contributed by atoms with van der Waals surface area (Å²) in [6, 6.07) is 13.9. The number of nitrogens with zero attached hydrogens (tertiary/aromatic N) is 5. The molecule has 1 fully saturated rings. The summed E-state index contributed by atoms with van der Waals surface area (Å²) < 4.78 is 74.7. The van der Waals surface area contributed by atoms with Gasteiger partial charge in [-0.3, -0.25) is 0 Å². The summed E-state index contributed by atoms with van der Waals surface area (Å²) in [5.41, 5.74) is -2.04. The maximum atomic E-state index is 14.8. The second-order valence-electron chi connectivity index (χ2n) is 10.4. The Hall–Kier alpha value is -4.72. The molecule has 0 radical (unpaired) electrons. The average molecular weight is 617 g/mol. The number of hydrogen-bond acceptors (Lipinski definition) is 6. The molecule has 0 bridgehead atoms. The molecule has 0 spiro atoms. The molecule has 14 heteroatoms. The zero-order valence-corrected chi connectivity index (χ0v) is 23.5. The Labute approximate surface area is 249 Å². The van der Waals surface area contributed by atoms with E-state index in [0.717, 1.165) is 23.9 Å². The molecule has 3 aromatic carbocycles. The van der Waals surface area contributed by atoms with E-state index in [0.29, 0.717) is 38.0 Å². The monoisotopic (exact) mass is 616 g/mol. The number of amides is 2. The number of ether oxygens (including phenoxy) is 1. The van der Waals surface area contributed by atoms with E-state index < -0.39 is 41.1 Å². The Kier molecular flexibility index (Phi) is 8.72. The summed E-state index contributed by atoms with van der Waals surface area (Å²) in [6.07, 6.45) is -2.88. The fraction of sp³-hybridized carbons (Fsp3) is 0.300. The molecular weight excluding hydrogens is 587 g/mol. The van der Waals surface area contributed by atoms with Crippen molar-refractivity contribution in [3.8, 4) is 5.75 Å². The fourth-order valence-electron chi connectivity index (χ4n) is 5.02. The number of urea groups is 1. The van der Waals surface area contributed by atoms with E-state index in [1.165, 1.54) is 40.4 Å². The van der Waals surface area contributed by atoms with Gasteiger partial charge >= 0.3 is 12.2 Å². The largest absolute Gasteiger partial charge is 0.487 e. The molecule has 2 amide bonds. The first-order valence-electron chi connectivity index (χ1n) is 13.7. The van der Waals surface area contributed by atoms with Crippen molar-refractivity contribution in [1.29, 1.82) is 0 Å². The predicted octanol–water partition coefficient (Wildman–Crippen LogP) is 5.28. The van der Waals surface area contributed by atoms with E-state index in [-0.39, 0.29) is 17.8 Å². The fourth-order valence-corrected chi connectivity index (χ4v) is 5.02. The Morgan fingerprint density at radius 1 is 1.02 bits per heavy atom. The van der Waals surface area contributed by atoms with E-state index in [1.54, 1.807) is 31.2 Å². The number of nitrogens with one attached hydrogen (secondary N) is 1. The molecule has 0 saturated carbocycles. The molecule has 2 heterocycles. The van der Waals surface area contributed by atoms with Gasteiger partial charge in [0.25, 0.3) is 0 Å². The standard InChI is InChI=1S/C30H29F5N6O3/c1-20(29(43,17-41-19-36-18-37-41)26-10-5-22(31)16-27(26)32)44-25-8-6-24(7-9-25)39-11-13-40(14-12-39)28(42)38-23-4-2-3-21(15-23)30(33,34)35/h2-10,15-16,18-20,43H,11-14,17H2,1H3,(H,38,42). The van der Waals surface area contributed by atoms with Gasteiger partial charge in [0.2, 0.25) is 0 Å². The highest BCUT2D eigenvalue weighted by molar-refractivity contribution is 5.89. The highest BCUT2D eigenvalue weighted by Gasteiger charge is 2.41. The smallest absolute Gasteiger partial charge is 0.416 e. The van der Waals surface area contributed by atoms with Crippen LogP contribution in [0.4, 0.5) is 38.1 Å². The van der Waals surface area contributed by atoms with Crippen LogP contribution >= 0.6 is 0 Å². The lowest BCUT2D eigenvalue weighted by molar-refractivity contribution is -0.137. The van der Waals surface area contributed by atoms with Crippen LogP contribution in [-0.2, 0) is 18.3 Å². The van der Waals surface area contributed by atoms with Gasteiger partial charge in [-0.1, -0.05) is 12.1 Å². The molecule has 2 atom stereocenters. The van der Waals surface area contributed by atoms with Crippen LogP contribution in [0, 0.1) is 11.6 Å². The highest BCUT2D eigenvalue weighted by atomic mass is 19.4. The molecule has 9 nitrogen and oxygen atoms in total. The van der Waals surface area contributed by atoms with Gasteiger partial charge in [0.05, 0.1) is 12.1 Å². The minimum atomic E-state index is -4.51. The summed E-state index contributed by atoms with van der Waals surface area (Å²) >= 11 is 0. The molecule has 4 aromatic rings. The molecule has 2 unspecified atom stereocenters. The molecule has 1 aliphatic heterocycles. The van der Waals surface area contributed by atoms with E-state index in [2.05, 4.69) is 15.4 Å². The van der Waals surface area contributed by atoms with Gasteiger partial charge < -0.3 is 25.0 Å². The number of alkyl halides is 3. The number of aliphatic hydroxyl groups is 1. The van der Waals surface area contributed by atoms with Gasteiger partial charge in [0, 0.05) is 49.2 Å². The van der Waals surface area contributed by atoms with Crippen LogP contribution in [-0.4, -0.2) is 63.1 Å². The SMILES string of the molecule is CC(Oc1ccc(N2CCN(C(=O)Nc3cccc(C(F)(F)F)c3)CC2)cc1)C(O)(Cn1cncn1)c1ccc(F)cc1F.